The van der Waals surface area contributed by atoms with Crippen LogP contribution in [0.3, 0.4) is 0 Å². The molecule has 2 aromatic heterocycles. The van der Waals surface area contributed by atoms with E-state index < -0.39 is 0 Å². The van der Waals surface area contributed by atoms with Crippen LogP contribution in [0.5, 0.6) is 0 Å². The average Bonchev–Trinajstić information content (AvgIpc) is 3.37. The summed E-state index contributed by atoms with van der Waals surface area (Å²) in [5.41, 5.74) is 5.22. The van der Waals surface area contributed by atoms with Crippen LogP contribution in [-0.4, -0.2) is 15.7 Å². The Morgan fingerprint density at radius 2 is 1.96 bits per heavy atom. The second-order valence-electron chi connectivity index (χ2n) is 6.87. The van der Waals surface area contributed by atoms with Crippen LogP contribution < -0.4 is 5.32 Å². The minimum absolute atomic E-state index is 0.0174. The highest BCUT2D eigenvalue weighted by molar-refractivity contribution is 5.87. The molecular formula is C23H23N3O2. The first-order valence-corrected chi connectivity index (χ1v) is 9.53. The van der Waals surface area contributed by atoms with Crippen molar-refractivity contribution in [3.8, 4) is 0 Å². The third-order valence-corrected chi connectivity index (χ3v) is 4.97. The predicted octanol–water partition coefficient (Wildman–Crippen LogP) is 4.10. The summed E-state index contributed by atoms with van der Waals surface area (Å²) in [7, 11) is 0. The summed E-state index contributed by atoms with van der Waals surface area (Å²) in [6.45, 7) is 3.29. The smallest absolute Gasteiger partial charge is 0.224 e. The molecule has 0 spiro atoms. The molecule has 0 aliphatic carbocycles. The number of aryl methyl sites for hydroxylation is 1. The Labute approximate surface area is 164 Å². The van der Waals surface area contributed by atoms with Crippen molar-refractivity contribution < 1.29 is 9.21 Å². The number of nitrogens with zero attached hydrogens (tertiary/aromatic N) is 2. The standard InChI is InChI=1S/C23H23N3O2/c1-2-17-8-9-21-20(16-28-22(21)12-17)13-23(27)24-14-18-6-3-4-7-19(18)15-26-11-5-10-25-26/h3-12,16H,2,13-15H2,1H3,(H,24,27). The SMILES string of the molecule is CCc1ccc2c(CC(=O)NCc3ccccc3Cn3cccn3)coc2c1. The second-order valence-corrected chi connectivity index (χ2v) is 6.87. The summed E-state index contributed by atoms with van der Waals surface area (Å²) in [6.07, 6.45) is 6.66. The first kappa shape index (κ1) is 18.0. The Kier molecular flexibility index (Phi) is 5.24. The number of amides is 1. The van der Waals surface area contributed by atoms with Gasteiger partial charge in [-0.3, -0.25) is 9.48 Å². The number of rotatable bonds is 7. The van der Waals surface area contributed by atoms with Gasteiger partial charge in [0.25, 0.3) is 0 Å². The molecule has 5 nitrogen and oxygen atoms in total. The molecule has 0 radical (unpaired) electrons. The average molecular weight is 373 g/mol. The molecule has 0 unspecified atom stereocenters. The fourth-order valence-corrected chi connectivity index (χ4v) is 3.37. The molecule has 28 heavy (non-hydrogen) atoms. The summed E-state index contributed by atoms with van der Waals surface area (Å²) < 4.78 is 7.52. The Balaban J connectivity index is 1.41. The molecule has 0 aliphatic rings. The van der Waals surface area contributed by atoms with Crippen LogP contribution in [0, 0.1) is 0 Å². The van der Waals surface area contributed by atoms with Crippen LogP contribution >= 0.6 is 0 Å². The first-order valence-electron chi connectivity index (χ1n) is 9.53. The Bertz CT molecular complexity index is 1080. The number of aromatic nitrogens is 2. The summed E-state index contributed by atoms with van der Waals surface area (Å²) >= 11 is 0. The topological polar surface area (TPSA) is 60.1 Å². The van der Waals surface area contributed by atoms with E-state index in [2.05, 4.69) is 29.5 Å². The monoisotopic (exact) mass is 373 g/mol. The van der Waals surface area contributed by atoms with E-state index in [1.54, 1.807) is 12.5 Å². The lowest BCUT2D eigenvalue weighted by atomic mass is 10.1. The molecule has 0 atom stereocenters. The lowest BCUT2D eigenvalue weighted by molar-refractivity contribution is -0.120. The van der Waals surface area contributed by atoms with Gasteiger partial charge in [-0.2, -0.15) is 5.10 Å². The Morgan fingerprint density at radius 1 is 1.11 bits per heavy atom. The third-order valence-electron chi connectivity index (χ3n) is 4.97. The third kappa shape index (κ3) is 3.98. The maximum atomic E-state index is 12.5. The number of furan rings is 1. The molecule has 2 aromatic carbocycles. The van der Waals surface area contributed by atoms with Gasteiger partial charge < -0.3 is 9.73 Å². The van der Waals surface area contributed by atoms with Gasteiger partial charge in [-0.1, -0.05) is 43.3 Å². The molecule has 0 fully saturated rings. The van der Waals surface area contributed by atoms with E-state index in [0.29, 0.717) is 19.5 Å². The molecule has 4 aromatic rings. The minimum Gasteiger partial charge on any atom is -0.464 e. The number of benzene rings is 2. The van der Waals surface area contributed by atoms with Crippen molar-refractivity contribution in [1.82, 2.24) is 15.1 Å². The lowest BCUT2D eigenvalue weighted by Crippen LogP contribution is -2.25. The van der Waals surface area contributed by atoms with Crippen LogP contribution in [-0.2, 0) is 30.7 Å². The van der Waals surface area contributed by atoms with Gasteiger partial charge in [-0.25, -0.2) is 0 Å². The van der Waals surface area contributed by atoms with Gasteiger partial charge in [0.05, 0.1) is 19.2 Å². The van der Waals surface area contributed by atoms with Gasteiger partial charge in [-0.05, 0) is 35.2 Å². The van der Waals surface area contributed by atoms with Crippen LogP contribution in [0.4, 0.5) is 0 Å². The predicted molar refractivity (Wildman–Crippen MR) is 109 cm³/mol. The molecular weight excluding hydrogens is 350 g/mol. The largest absolute Gasteiger partial charge is 0.464 e. The van der Waals surface area contributed by atoms with Crippen LogP contribution in [0.2, 0.25) is 0 Å². The van der Waals surface area contributed by atoms with E-state index in [1.807, 2.05) is 47.3 Å². The fourth-order valence-electron chi connectivity index (χ4n) is 3.37. The van der Waals surface area contributed by atoms with Crippen LogP contribution in [0.25, 0.3) is 11.0 Å². The summed E-state index contributed by atoms with van der Waals surface area (Å²) in [6, 6.07) is 16.2. The highest BCUT2D eigenvalue weighted by Crippen LogP contribution is 2.23. The molecule has 0 bridgehead atoms. The highest BCUT2D eigenvalue weighted by Gasteiger charge is 2.11. The van der Waals surface area contributed by atoms with Gasteiger partial charge in [0.2, 0.25) is 5.91 Å². The number of nitrogens with one attached hydrogen (secondary N) is 1. The van der Waals surface area contributed by atoms with Gasteiger partial charge in [-0.15, -0.1) is 0 Å². The highest BCUT2D eigenvalue weighted by atomic mass is 16.3. The van der Waals surface area contributed by atoms with Crippen molar-refractivity contribution in [2.75, 3.05) is 0 Å². The van der Waals surface area contributed by atoms with E-state index in [0.717, 1.165) is 34.1 Å². The number of fused-ring (bicyclic) bond motifs is 1. The van der Waals surface area contributed by atoms with Crippen molar-refractivity contribution in [2.45, 2.75) is 32.9 Å². The Hall–Kier alpha value is -3.34. The van der Waals surface area contributed by atoms with E-state index in [1.165, 1.54) is 5.56 Å². The van der Waals surface area contributed by atoms with Crippen LogP contribution in [0.15, 0.2) is 71.6 Å². The molecule has 0 saturated heterocycles. The van der Waals surface area contributed by atoms with Crippen molar-refractivity contribution >= 4 is 16.9 Å². The van der Waals surface area contributed by atoms with Crippen molar-refractivity contribution in [3.63, 3.8) is 0 Å². The first-order chi connectivity index (χ1) is 13.7. The maximum Gasteiger partial charge on any atom is 0.224 e. The van der Waals surface area contributed by atoms with Crippen molar-refractivity contribution in [1.29, 1.82) is 0 Å². The van der Waals surface area contributed by atoms with E-state index in [9.17, 15) is 4.79 Å². The van der Waals surface area contributed by atoms with Crippen molar-refractivity contribution in [3.05, 3.63) is 89.4 Å². The molecule has 142 valence electrons. The van der Waals surface area contributed by atoms with Gasteiger partial charge >= 0.3 is 0 Å². The lowest BCUT2D eigenvalue weighted by Gasteiger charge is -2.11. The second kappa shape index (κ2) is 8.13. The van der Waals surface area contributed by atoms with Gasteiger partial charge in [0, 0.05) is 29.9 Å². The molecule has 2 heterocycles. The quantitative estimate of drug-likeness (QED) is 0.531. The van der Waals surface area contributed by atoms with Crippen LogP contribution in [0.1, 0.15) is 29.2 Å². The number of hydrogen-bond acceptors (Lipinski definition) is 3. The minimum atomic E-state index is -0.0174. The van der Waals surface area contributed by atoms with E-state index in [-0.39, 0.29) is 5.91 Å². The zero-order chi connectivity index (χ0) is 19.3. The van der Waals surface area contributed by atoms with Gasteiger partial charge in [0.1, 0.15) is 5.58 Å². The van der Waals surface area contributed by atoms with Crippen molar-refractivity contribution in [2.24, 2.45) is 0 Å². The zero-order valence-electron chi connectivity index (χ0n) is 15.9. The number of hydrogen-bond donors (Lipinski definition) is 1. The summed E-state index contributed by atoms with van der Waals surface area (Å²) in [4.78, 5) is 12.5. The zero-order valence-corrected chi connectivity index (χ0v) is 15.9. The summed E-state index contributed by atoms with van der Waals surface area (Å²) in [5.74, 6) is -0.0174. The molecule has 0 saturated carbocycles. The molecule has 0 aliphatic heterocycles. The number of carbonyl (C=O) groups is 1. The molecule has 4 rings (SSSR count). The Morgan fingerprint density at radius 3 is 2.75 bits per heavy atom. The summed E-state index contributed by atoms with van der Waals surface area (Å²) in [5, 5.41) is 8.30. The maximum absolute atomic E-state index is 12.5. The molecule has 1 amide bonds. The van der Waals surface area contributed by atoms with E-state index >= 15 is 0 Å². The fraction of sp³-hybridized carbons (Fsp3) is 0.217. The van der Waals surface area contributed by atoms with Gasteiger partial charge in [0.15, 0.2) is 0 Å². The number of carbonyl (C=O) groups excluding carboxylic acids is 1. The molecule has 1 N–H and O–H groups in total. The van der Waals surface area contributed by atoms with E-state index in [4.69, 9.17) is 4.42 Å². The molecule has 5 heteroatoms. The normalized spacial score (nSPS) is 11.0.